The number of aromatic nitrogens is 2. The number of aliphatic hydroxyl groups is 1. The molecule has 0 spiro atoms. The molecule has 1 saturated carbocycles. The van der Waals surface area contributed by atoms with Crippen molar-refractivity contribution in [3.8, 4) is 11.3 Å². The van der Waals surface area contributed by atoms with Gasteiger partial charge in [0.1, 0.15) is 0 Å². The fraction of sp³-hybridized carbons (Fsp3) is 0.545. The molecular formula is C22H28ClN3O3. The van der Waals surface area contributed by atoms with Crippen molar-refractivity contribution in [2.24, 2.45) is 5.92 Å². The molecule has 1 aromatic heterocycles. The van der Waals surface area contributed by atoms with Crippen LogP contribution in [0.25, 0.3) is 11.3 Å². The summed E-state index contributed by atoms with van der Waals surface area (Å²) in [4.78, 5) is 14.9. The molecule has 1 aliphatic heterocycles. The van der Waals surface area contributed by atoms with Gasteiger partial charge in [0.15, 0.2) is 0 Å². The first-order valence-electron chi connectivity index (χ1n) is 10.4. The van der Waals surface area contributed by atoms with E-state index < -0.39 is 6.10 Å². The second kappa shape index (κ2) is 8.86. The predicted octanol–water partition coefficient (Wildman–Crippen LogP) is 3.61. The quantitative estimate of drug-likeness (QED) is 0.796. The lowest BCUT2D eigenvalue weighted by molar-refractivity contribution is -0.142. The molecular weight excluding hydrogens is 390 g/mol. The van der Waals surface area contributed by atoms with E-state index in [0.717, 1.165) is 49.3 Å². The Labute approximate surface area is 176 Å². The van der Waals surface area contributed by atoms with Crippen molar-refractivity contribution in [2.75, 3.05) is 20.2 Å². The summed E-state index contributed by atoms with van der Waals surface area (Å²) < 4.78 is 5.35. The van der Waals surface area contributed by atoms with E-state index in [2.05, 4.69) is 16.3 Å². The zero-order valence-corrected chi connectivity index (χ0v) is 17.4. The SMILES string of the molecule is CO[C@@H]1C[C@H](C(=O)N2CCC(c3cc(-c4ccccc4Cl)n[nH]3)CC2)CC[C@@H]1O. The summed E-state index contributed by atoms with van der Waals surface area (Å²) in [6.45, 7) is 1.50. The highest BCUT2D eigenvalue weighted by Crippen LogP contribution is 2.33. The van der Waals surface area contributed by atoms with E-state index in [9.17, 15) is 9.90 Å². The van der Waals surface area contributed by atoms with Gasteiger partial charge in [-0.05, 0) is 44.2 Å². The van der Waals surface area contributed by atoms with Gasteiger partial charge in [0.05, 0.1) is 22.9 Å². The summed E-state index contributed by atoms with van der Waals surface area (Å²) >= 11 is 6.29. The number of amides is 1. The van der Waals surface area contributed by atoms with Gasteiger partial charge in [-0.15, -0.1) is 0 Å². The minimum absolute atomic E-state index is 0.0427. The Balaban J connectivity index is 1.35. The van der Waals surface area contributed by atoms with E-state index in [4.69, 9.17) is 16.3 Å². The van der Waals surface area contributed by atoms with Crippen LogP contribution in [0.1, 0.15) is 43.7 Å². The van der Waals surface area contributed by atoms with Crippen molar-refractivity contribution in [2.45, 2.75) is 50.2 Å². The van der Waals surface area contributed by atoms with Gasteiger partial charge in [-0.25, -0.2) is 0 Å². The van der Waals surface area contributed by atoms with Crippen LogP contribution in [0, 0.1) is 5.92 Å². The molecule has 1 amide bonds. The zero-order valence-electron chi connectivity index (χ0n) is 16.7. The third kappa shape index (κ3) is 4.34. The predicted molar refractivity (Wildman–Crippen MR) is 112 cm³/mol. The summed E-state index contributed by atoms with van der Waals surface area (Å²) in [5.74, 6) is 0.528. The number of benzene rings is 1. The molecule has 2 fully saturated rings. The van der Waals surface area contributed by atoms with Crippen molar-refractivity contribution in [1.82, 2.24) is 15.1 Å². The number of nitrogens with zero attached hydrogens (tertiary/aromatic N) is 2. The maximum Gasteiger partial charge on any atom is 0.225 e. The number of halogens is 1. The topological polar surface area (TPSA) is 78.5 Å². The highest BCUT2D eigenvalue weighted by molar-refractivity contribution is 6.33. The molecule has 1 saturated heterocycles. The number of carbonyl (C=O) groups is 1. The molecule has 29 heavy (non-hydrogen) atoms. The van der Waals surface area contributed by atoms with Crippen LogP contribution in [-0.4, -0.2) is 58.5 Å². The standard InChI is InChI=1S/C22H28ClN3O3/c1-29-21-12-15(6-7-20(21)27)22(28)26-10-8-14(9-11-26)18-13-19(25-24-18)16-4-2-3-5-17(16)23/h2-5,13-15,20-21,27H,6-12H2,1H3,(H,24,25)/t15-,20+,21-/m1/s1. The highest BCUT2D eigenvalue weighted by Gasteiger charge is 2.36. The number of ether oxygens (including phenoxy) is 1. The summed E-state index contributed by atoms with van der Waals surface area (Å²) in [5, 5.41) is 18.3. The molecule has 2 heterocycles. The van der Waals surface area contributed by atoms with Gasteiger partial charge in [0.2, 0.25) is 5.91 Å². The van der Waals surface area contributed by atoms with Crippen molar-refractivity contribution in [1.29, 1.82) is 0 Å². The third-order valence-electron chi connectivity index (χ3n) is 6.40. The molecule has 7 heteroatoms. The van der Waals surface area contributed by atoms with Crippen LogP contribution in [0.2, 0.25) is 5.02 Å². The van der Waals surface area contributed by atoms with E-state index in [-0.39, 0.29) is 17.9 Å². The molecule has 2 aliphatic rings. The molecule has 0 bridgehead atoms. The number of carbonyl (C=O) groups excluding carboxylic acids is 1. The normalized spacial score (nSPS) is 25.9. The average molecular weight is 418 g/mol. The van der Waals surface area contributed by atoms with Crippen LogP contribution >= 0.6 is 11.6 Å². The Morgan fingerprint density at radius 3 is 2.72 bits per heavy atom. The van der Waals surface area contributed by atoms with Crippen LogP contribution in [-0.2, 0) is 9.53 Å². The number of piperidine rings is 1. The molecule has 0 radical (unpaired) electrons. The molecule has 156 valence electrons. The second-order valence-corrected chi connectivity index (χ2v) is 8.55. The molecule has 1 aromatic carbocycles. The smallest absolute Gasteiger partial charge is 0.225 e. The lowest BCUT2D eigenvalue weighted by Gasteiger charge is -2.37. The van der Waals surface area contributed by atoms with E-state index in [1.54, 1.807) is 7.11 Å². The number of hydrogen-bond acceptors (Lipinski definition) is 4. The average Bonchev–Trinajstić information content (AvgIpc) is 3.24. The fourth-order valence-electron chi connectivity index (χ4n) is 4.61. The lowest BCUT2D eigenvalue weighted by Crippen LogP contribution is -2.45. The Kier molecular flexibility index (Phi) is 6.23. The molecule has 2 aromatic rings. The van der Waals surface area contributed by atoms with Gasteiger partial charge < -0.3 is 14.7 Å². The van der Waals surface area contributed by atoms with Gasteiger partial charge >= 0.3 is 0 Å². The maximum atomic E-state index is 12.9. The van der Waals surface area contributed by atoms with Crippen molar-refractivity contribution in [3.63, 3.8) is 0 Å². The first kappa shape index (κ1) is 20.4. The van der Waals surface area contributed by atoms with E-state index in [0.29, 0.717) is 23.8 Å². The number of aromatic amines is 1. The fourth-order valence-corrected chi connectivity index (χ4v) is 4.85. The number of H-pyrrole nitrogens is 1. The largest absolute Gasteiger partial charge is 0.390 e. The zero-order chi connectivity index (χ0) is 20.4. The van der Waals surface area contributed by atoms with E-state index in [1.807, 2.05) is 29.2 Å². The summed E-state index contributed by atoms with van der Waals surface area (Å²) in [6, 6.07) is 9.78. The highest BCUT2D eigenvalue weighted by atomic mass is 35.5. The Morgan fingerprint density at radius 1 is 1.24 bits per heavy atom. The Bertz CT molecular complexity index is 847. The van der Waals surface area contributed by atoms with Crippen molar-refractivity contribution < 1.29 is 14.6 Å². The second-order valence-electron chi connectivity index (χ2n) is 8.14. The van der Waals surface area contributed by atoms with Crippen LogP contribution in [0.15, 0.2) is 30.3 Å². The summed E-state index contributed by atoms with van der Waals surface area (Å²) in [6.07, 6.45) is 3.12. The van der Waals surface area contributed by atoms with Crippen molar-refractivity contribution in [3.05, 3.63) is 41.0 Å². The number of methoxy groups -OCH3 is 1. The number of likely N-dealkylation sites (tertiary alicyclic amines) is 1. The van der Waals surface area contributed by atoms with Crippen LogP contribution < -0.4 is 0 Å². The Hall–Kier alpha value is -1.89. The number of aliphatic hydroxyl groups excluding tert-OH is 1. The number of hydrogen-bond donors (Lipinski definition) is 2. The maximum absolute atomic E-state index is 12.9. The van der Waals surface area contributed by atoms with Crippen LogP contribution in [0.3, 0.4) is 0 Å². The Morgan fingerprint density at radius 2 is 2.00 bits per heavy atom. The van der Waals surface area contributed by atoms with Gasteiger partial charge in [-0.2, -0.15) is 5.10 Å². The summed E-state index contributed by atoms with van der Waals surface area (Å²) in [5.41, 5.74) is 2.89. The van der Waals surface area contributed by atoms with Gasteiger partial charge in [-0.1, -0.05) is 29.8 Å². The van der Waals surface area contributed by atoms with Gasteiger partial charge in [-0.3, -0.25) is 9.89 Å². The molecule has 4 rings (SSSR count). The summed E-state index contributed by atoms with van der Waals surface area (Å²) in [7, 11) is 1.60. The minimum Gasteiger partial charge on any atom is -0.390 e. The monoisotopic (exact) mass is 417 g/mol. The first-order chi connectivity index (χ1) is 14.1. The number of rotatable bonds is 4. The van der Waals surface area contributed by atoms with Gasteiger partial charge in [0, 0.05) is 43.3 Å². The van der Waals surface area contributed by atoms with E-state index in [1.165, 1.54) is 0 Å². The molecule has 1 aliphatic carbocycles. The first-order valence-corrected chi connectivity index (χ1v) is 10.7. The van der Waals surface area contributed by atoms with Gasteiger partial charge in [0.25, 0.3) is 0 Å². The van der Waals surface area contributed by atoms with E-state index >= 15 is 0 Å². The van der Waals surface area contributed by atoms with Crippen molar-refractivity contribution >= 4 is 17.5 Å². The molecule has 0 unspecified atom stereocenters. The third-order valence-corrected chi connectivity index (χ3v) is 6.73. The lowest BCUT2D eigenvalue weighted by atomic mass is 9.83. The van der Waals surface area contributed by atoms with Crippen LogP contribution in [0.5, 0.6) is 0 Å². The molecule has 3 atom stereocenters. The van der Waals surface area contributed by atoms with Crippen LogP contribution in [0.4, 0.5) is 0 Å². The molecule has 2 N–H and O–H groups in total. The molecule has 6 nitrogen and oxygen atoms in total. The number of nitrogens with one attached hydrogen (secondary N) is 1. The minimum atomic E-state index is -0.456.